The number of hydrogen-bond acceptors (Lipinski definition) is 8. The molecule has 0 saturated heterocycles. The predicted molar refractivity (Wildman–Crippen MR) is 154 cm³/mol. The Bertz CT molecular complexity index is 1260. The first kappa shape index (κ1) is 27.0. The van der Waals surface area contributed by atoms with Crippen molar-refractivity contribution in [3.8, 4) is 12.1 Å². The quantitative estimate of drug-likeness (QED) is 0.338. The first-order chi connectivity index (χ1) is 19.6. The molecule has 0 aliphatic heterocycles. The maximum Gasteiger partial charge on any atom is 0.224 e. The molecule has 8 nitrogen and oxygen atoms in total. The summed E-state index contributed by atoms with van der Waals surface area (Å²) in [6.45, 7) is 2.77. The van der Waals surface area contributed by atoms with Crippen LogP contribution in [0.25, 0.3) is 0 Å². The van der Waals surface area contributed by atoms with Crippen LogP contribution in [0.2, 0.25) is 0 Å². The summed E-state index contributed by atoms with van der Waals surface area (Å²) < 4.78 is 0. The summed E-state index contributed by atoms with van der Waals surface area (Å²) in [7, 11) is 0. The minimum Gasteiger partial charge on any atom is -0.396 e. The van der Waals surface area contributed by atoms with E-state index in [0.717, 1.165) is 42.3 Å². The Morgan fingerprint density at radius 2 is 1.65 bits per heavy atom. The van der Waals surface area contributed by atoms with Crippen LogP contribution in [0.1, 0.15) is 74.5 Å². The van der Waals surface area contributed by atoms with Gasteiger partial charge >= 0.3 is 0 Å². The number of nitriles is 2. The van der Waals surface area contributed by atoms with Crippen LogP contribution in [-0.2, 0) is 6.54 Å². The van der Waals surface area contributed by atoms with Gasteiger partial charge in [0, 0.05) is 25.7 Å². The van der Waals surface area contributed by atoms with E-state index >= 15 is 0 Å². The maximum absolute atomic E-state index is 9.73. The van der Waals surface area contributed by atoms with Crippen LogP contribution < -0.4 is 16.0 Å². The number of benzene rings is 1. The Balaban J connectivity index is 1.07. The summed E-state index contributed by atoms with van der Waals surface area (Å²) in [4.78, 5) is 9.02. The van der Waals surface area contributed by atoms with Crippen molar-refractivity contribution in [3.63, 3.8) is 0 Å². The number of nitrogens with one attached hydrogen (secondary N) is 3. The van der Waals surface area contributed by atoms with Crippen LogP contribution in [0, 0.1) is 57.7 Å². The van der Waals surface area contributed by atoms with Gasteiger partial charge in [0.1, 0.15) is 17.5 Å². The monoisotopic (exact) mass is 539 g/mol. The van der Waals surface area contributed by atoms with Crippen LogP contribution in [0.15, 0.2) is 30.5 Å². The summed E-state index contributed by atoms with van der Waals surface area (Å²) in [6.07, 6.45) is 12.9. The molecule has 5 atom stereocenters. The van der Waals surface area contributed by atoms with Gasteiger partial charge in [0.25, 0.3) is 0 Å². The first-order valence-corrected chi connectivity index (χ1v) is 15.1. The van der Waals surface area contributed by atoms with E-state index in [-0.39, 0.29) is 5.41 Å². The zero-order chi connectivity index (χ0) is 27.5. The highest BCUT2D eigenvalue weighted by atomic mass is 16.3. The third-order valence-corrected chi connectivity index (χ3v) is 10.4. The lowest BCUT2D eigenvalue weighted by Crippen LogP contribution is -2.60. The van der Waals surface area contributed by atoms with E-state index in [1.807, 2.05) is 18.2 Å². The van der Waals surface area contributed by atoms with E-state index in [1.165, 1.54) is 57.8 Å². The van der Waals surface area contributed by atoms with Crippen LogP contribution in [0.3, 0.4) is 0 Å². The molecular formula is C32H41N7O. The summed E-state index contributed by atoms with van der Waals surface area (Å²) in [5.74, 6) is 4.62. The van der Waals surface area contributed by atoms with Gasteiger partial charge < -0.3 is 21.1 Å². The SMILES string of the molecule is N#Cc1ccccc1CNc1ncc(C#N)c(NCC23CC4C[C@H](C2)C(NCC2CCC(CO)CC2)[C@@H](C4)C3)n1. The number of rotatable bonds is 10. The van der Waals surface area contributed by atoms with Crippen LogP contribution in [0.4, 0.5) is 11.8 Å². The number of aliphatic hydroxyl groups excluding tert-OH is 1. The van der Waals surface area contributed by atoms with Crippen LogP contribution in [0.5, 0.6) is 0 Å². The summed E-state index contributed by atoms with van der Waals surface area (Å²) in [6, 6.07) is 12.6. The van der Waals surface area contributed by atoms with Gasteiger partial charge in [0.05, 0.1) is 17.8 Å². The molecule has 5 saturated carbocycles. The summed E-state index contributed by atoms with van der Waals surface area (Å²) in [5, 5.41) is 39.4. The molecule has 3 unspecified atom stereocenters. The zero-order valence-electron chi connectivity index (χ0n) is 23.3. The first-order valence-electron chi connectivity index (χ1n) is 15.1. The molecule has 40 heavy (non-hydrogen) atoms. The minimum atomic E-state index is 0.269. The average molecular weight is 540 g/mol. The molecule has 1 aromatic carbocycles. The molecule has 4 bridgehead atoms. The molecule has 1 aromatic heterocycles. The number of anilines is 2. The Morgan fingerprint density at radius 1 is 0.925 bits per heavy atom. The van der Waals surface area contributed by atoms with E-state index in [2.05, 4.69) is 38.1 Å². The van der Waals surface area contributed by atoms with Gasteiger partial charge in [0.2, 0.25) is 5.95 Å². The Labute approximate surface area is 237 Å². The number of aliphatic hydroxyl groups is 1. The lowest BCUT2D eigenvalue weighted by Gasteiger charge is -2.60. The normalized spacial score (nSPS) is 32.3. The van der Waals surface area contributed by atoms with E-state index in [9.17, 15) is 15.6 Å². The number of hydrogen-bond donors (Lipinski definition) is 4. The van der Waals surface area contributed by atoms with Crippen molar-refractivity contribution in [1.29, 1.82) is 10.5 Å². The summed E-state index contributed by atoms with van der Waals surface area (Å²) in [5.41, 5.74) is 2.25. The molecule has 5 fully saturated rings. The highest BCUT2D eigenvalue weighted by Gasteiger charge is 2.55. The fourth-order valence-electron chi connectivity index (χ4n) is 8.58. The zero-order valence-corrected chi connectivity index (χ0v) is 23.3. The molecule has 2 aromatic rings. The fourth-order valence-corrected chi connectivity index (χ4v) is 8.58. The Hall–Kier alpha value is -3.20. The minimum absolute atomic E-state index is 0.269. The van der Waals surface area contributed by atoms with Crippen molar-refractivity contribution in [2.24, 2.45) is 35.0 Å². The van der Waals surface area contributed by atoms with E-state index in [0.29, 0.717) is 48.0 Å². The van der Waals surface area contributed by atoms with Crippen molar-refractivity contribution in [1.82, 2.24) is 15.3 Å². The maximum atomic E-state index is 9.73. The molecule has 7 rings (SSSR count). The molecule has 5 aliphatic carbocycles. The van der Waals surface area contributed by atoms with Crippen LogP contribution in [-0.4, -0.2) is 40.8 Å². The van der Waals surface area contributed by atoms with E-state index in [4.69, 9.17) is 0 Å². The van der Waals surface area contributed by atoms with Gasteiger partial charge in [-0.25, -0.2) is 4.98 Å². The third kappa shape index (κ3) is 5.66. The molecule has 4 N–H and O–H groups in total. The predicted octanol–water partition coefficient (Wildman–Crippen LogP) is 4.83. The van der Waals surface area contributed by atoms with Crippen LogP contribution >= 0.6 is 0 Å². The third-order valence-electron chi connectivity index (χ3n) is 10.4. The average Bonchev–Trinajstić information content (AvgIpc) is 2.99. The Morgan fingerprint density at radius 3 is 2.38 bits per heavy atom. The second-order valence-corrected chi connectivity index (χ2v) is 13.0. The highest BCUT2D eigenvalue weighted by molar-refractivity contribution is 5.54. The molecule has 8 heteroatoms. The smallest absolute Gasteiger partial charge is 0.224 e. The topological polar surface area (TPSA) is 130 Å². The van der Waals surface area contributed by atoms with Crippen molar-refractivity contribution >= 4 is 11.8 Å². The molecule has 0 radical (unpaired) electrons. The molecule has 5 aliphatic rings. The van der Waals surface area contributed by atoms with Gasteiger partial charge in [-0.2, -0.15) is 15.5 Å². The fraction of sp³-hybridized carbons (Fsp3) is 0.625. The molecule has 0 amide bonds. The largest absolute Gasteiger partial charge is 0.396 e. The van der Waals surface area contributed by atoms with Gasteiger partial charge in [0.15, 0.2) is 0 Å². The lowest BCUT2D eigenvalue weighted by atomic mass is 9.48. The van der Waals surface area contributed by atoms with E-state index in [1.54, 1.807) is 12.3 Å². The Kier molecular flexibility index (Phi) is 7.91. The van der Waals surface area contributed by atoms with Crippen molar-refractivity contribution in [2.75, 3.05) is 30.3 Å². The summed E-state index contributed by atoms with van der Waals surface area (Å²) >= 11 is 0. The van der Waals surface area contributed by atoms with Crippen molar-refractivity contribution in [2.45, 2.75) is 70.4 Å². The van der Waals surface area contributed by atoms with Gasteiger partial charge in [-0.15, -0.1) is 0 Å². The second-order valence-electron chi connectivity index (χ2n) is 13.0. The van der Waals surface area contributed by atoms with Gasteiger partial charge in [-0.3, -0.25) is 0 Å². The molecule has 0 spiro atoms. The van der Waals surface area contributed by atoms with Crippen molar-refractivity contribution in [3.05, 3.63) is 47.2 Å². The highest BCUT2D eigenvalue weighted by Crippen LogP contribution is 2.60. The second kappa shape index (κ2) is 11.7. The molecular weight excluding hydrogens is 498 g/mol. The standard InChI is InChI=1S/C32H41N7O/c33-14-24-3-1-2-4-25(24)17-36-31-37-18-28(15-34)30(39-31)38-20-32-11-23-9-26(12-32)29(27(10-23)13-32)35-16-21-5-7-22(19-40)8-6-21/h1-4,18,21-23,26-27,29,35,40H,5-13,16-17,19-20H2,(H2,36,37,38,39)/t21?,22?,23?,26-,27+,29?,32?. The van der Waals surface area contributed by atoms with E-state index < -0.39 is 0 Å². The molecule has 210 valence electrons. The van der Waals surface area contributed by atoms with Gasteiger partial charge in [-0.05, 0) is 111 Å². The molecule has 1 heterocycles. The lowest BCUT2D eigenvalue weighted by molar-refractivity contribution is -0.0703. The number of nitrogens with zero attached hydrogens (tertiary/aromatic N) is 4. The van der Waals surface area contributed by atoms with Gasteiger partial charge in [-0.1, -0.05) is 18.2 Å². The number of aromatic nitrogens is 2. The van der Waals surface area contributed by atoms with Crippen molar-refractivity contribution < 1.29 is 5.11 Å².